The lowest BCUT2D eigenvalue weighted by atomic mass is 9.77. The van der Waals surface area contributed by atoms with Gasteiger partial charge < -0.3 is 4.98 Å². The first-order valence-electron chi connectivity index (χ1n) is 6.89. The number of rotatable bonds is 2. The van der Waals surface area contributed by atoms with Crippen LogP contribution in [0.3, 0.4) is 0 Å². The van der Waals surface area contributed by atoms with Gasteiger partial charge in [0.2, 0.25) is 0 Å². The molecule has 0 spiro atoms. The van der Waals surface area contributed by atoms with Crippen molar-refractivity contribution >= 4 is 22.6 Å². The zero-order valence-corrected chi connectivity index (χ0v) is 11.5. The summed E-state index contributed by atoms with van der Waals surface area (Å²) in [6.07, 6.45) is 10.5. The number of halogens is 1. The van der Waals surface area contributed by atoms with Gasteiger partial charge in [0, 0.05) is 17.8 Å². The van der Waals surface area contributed by atoms with Crippen LogP contribution in [0.1, 0.15) is 50.5 Å². The highest BCUT2D eigenvalue weighted by Crippen LogP contribution is 2.40. The Kier molecular flexibility index (Phi) is 3.29. The zero-order chi connectivity index (χ0) is 12.5. The van der Waals surface area contributed by atoms with Crippen molar-refractivity contribution in [2.45, 2.75) is 44.9 Å². The molecule has 1 aliphatic rings. The third kappa shape index (κ3) is 2.03. The second kappa shape index (κ2) is 4.93. The van der Waals surface area contributed by atoms with Crippen LogP contribution in [0.15, 0.2) is 18.5 Å². The lowest BCUT2D eigenvalue weighted by Crippen LogP contribution is -2.14. The van der Waals surface area contributed by atoms with Crippen LogP contribution in [-0.2, 0) is 0 Å². The highest BCUT2D eigenvalue weighted by molar-refractivity contribution is 6.32. The molecule has 2 heterocycles. The van der Waals surface area contributed by atoms with E-state index < -0.39 is 0 Å². The monoisotopic (exact) mass is 262 g/mol. The van der Waals surface area contributed by atoms with Gasteiger partial charge in [0.1, 0.15) is 5.65 Å². The number of nitrogens with one attached hydrogen (secondary N) is 1. The summed E-state index contributed by atoms with van der Waals surface area (Å²) in [5.41, 5.74) is 2.24. The molecule has 0 aliphatic heterocycles. The molecule has 3 heteroatoms. The molecule has 0 amide bonds. The van der Waals surface area contributed by atoms with Gasteiger partial charge in [-0.2, -0.15) is 0 Å². The lowest BCUT2D eigenvalue weighted by molar-refractivity contribution is 0.317. The summed E-state index contributed by atoms with van der Waals surface area (Å²) in [4.78, 5) is 7.52. The Morgan fingerprint density at radius 3 is 2.89 bits per heavy atom. The van der Waals surface area contributed by atoms with Crippen LogP contribution in [-0.4, -0.2) is 9.97 Å². The Labute approximate surface area is 113 Å². The van der Waals surface area contributed by atoms with Crippen LogP contribution >= 0.6 is 11.6 Å². The minimum atomic E-state index is 0.527. The molecule has 1 atom stereocenters. The predicted octanol–water partition coefficient (Wildman–Crippen LogP) is 4.90. The van der Waals surface area contributed by atoms with E-state index in [1.165, 1.54) is 43.1 Å². The van der Waals surface area contributed by atoms with Crippen molar-refractivity contribution in [2.75, 3.05) is 0 Å². The summed E-state index contributed by atoms with van der Waals surface area (Å²) in [7, 11) is 0. The molecule has 1 fully saturated rings. The van der Waals surface area contributed by atoms with Gasteiger partial charge in [-0.15, -0.1) is 0 Å². The number of fused-ring (bicyclic) bond motifs is 1. The fourth-order valence-electron chi connectivity index (χ4n) is 3.34. The SMILES string of the molecule is CC(c1c(Cl)cnc2[nH]ccc12)C1CCCCC1. The minimum absolute atomic E-state index is 0.527. The molecule has 1 N–H and O–H groups in total. The minimum Gasteiger partial charge on any atom is -0.346 e. The van der Waals surface area contributed by atoms with Crippen LogP contribution in [0.5, 0.6) is 0 Å². The molecule has 18 heavy (non-hydrogen) atoms. The maximum absolute atomic E-state index is 6.40. The van der Waals surface area contributed by atoms with E-state index >= 15 is 0 Å². The van der Waals surface area contributed by atoms with Gasteiger partial charge in [-0.05, 0) is 36.3 Å². The molecule has 0 radical (unpaired) electrons. The van der Waals surface area contributed by atoms with Crippen molar-refractivity contribution < 1.29 is 0 Å². The highest BCUT2D eigenvalue weighted by atomic mass is 35.5. The summed E-state index contributed by atoms with van der Waals surface area (Å²) < 4.78 is 0. The third-order valence-corrected chi connectivity index (χ3v) is 4.69. The predicted molar refractivity (Wildman–Crippen MR) is 76.1 cm³/mol. The standard InChI is InChI=1S/C15H19ClN2/c1-10(11-5-3-2-4-6-11)14-12-7-8-17-15(12)18-9-13(14)16/h7-11H,2-6H2,1H3,(H,17,18). The first kappa shape index (κ1) is 12.0. The maximum atomic E-state index is 6.40. The Hall–Kier alpha value is -1.02. The summed E-state index contributed by atoms with van der Waals surface area (Å²) in [5.74, 6) is 1.30. The Bertz CT molecular complexity index is 540. The molecule has 96 valence electrons. The van der Waals surface area contributed by atoms with Crippen molar-refractivity contribution in [1.29, 1.82) is 0 Å². The van der Waals surface area contributed by atoms with E-state index in [9.17, 15) is 0 Å². The number of aromatic nitrogens is 2. The van der Waals surface area contributed by atoms with Gasteiger partial charge in [-0.25, -0.2) is 4.98 Å². The molecule has 0 bridgehead atoms. The summed E-state index contributed by atoms with van der Waals surface area (Å²) in [5, 5.41) is 2.01. The lowest BCUT2D eigenvalue weighted by Gasteiger charge is -2.28. The number of H-pyrrole nitrogens is 1. The van der Waals surface area contributed by atoms with E-state index in [1.807, 2.05) is 6.20 Å². The smallest absolute Gasteiger partial charge is 0.137 e. The van der Waals surface area contributed by atoms with E-state index in [1.54, 1.807) is 6.20 Å². The summed E-state index contributed by atoms with van der Waals surface area (Å²) >= 11 is 6.40. The van der Waals surface area contributed by atoms with Crippen LogP contribution in [0.25, 0.3) is 11.0 Å². The van der Waals surface area contributed by atoms with Crippen LogP contribution in [0.2, 0.25) is 5.02 Å². The van der Waals surface area contributed by atoms with Gasteiger partial charge >= 0.3 is 0 Å². The quantitative estimate of drug-likeness (QED) is 0.819. The molecule has 2 aromatic rings. The third-order valence-electron chi connectivity index (χ3n) is 4.39. The van der Waals surface area contributed by atoms with E-state index in [-0.39, 0.29) is 0 Å². The Morgan fingerprint density at radius 2 is 2.11 bits per heavy atom. The molecular weight excluding hydrogens is 244 g/mol. The number of pyridine rings is 1. The average Bonchev–Trinajstić information content (AvgIpc) is 2.87. The van der Waals surface area contributed by atoms with E-state index in [4.69, 9.17) is 11.6 Å². The van der Waals surface area contributed by atoms with Crippen LogP contribution in [0.4, 0.5) is 0 Å². The largest absolute Gasteiger partial charge is 0.346 e. The first-order valence-corrected chi connectivity index (χ1v) is 7.26. The molecule has 1 saturated carbocycles. The van der Waals surface area contributed by atoms with Gasteiger partial charge in [-0.1, -0.05) is 37.8 Å². The zero-order valence-electron chi connectivity index (χ0n) is 10.7. The van der Waals surface area contributed by atoms with Crippen molar-refractivity contribution in [3.8, 4) is 0 Å². The molecule has 1 aliphatic carbocycles. The second-order valence-electron chi connectivity index (χ2n) is 5.45. The number of hydrogen-bond donors (Lipinski definition) is 1. The van der Waals surface area contributed by atoms with Gasteiger partial charge in [0.15, 0.2) is 0 Å². The molecular formula is C15H19ClN2. The second-order valence-corrected chi connectivity index (χ2v) is 5.85. The van der Waals surface area contributed by atoms with Crippen molar-refractivity contribution in [3.63, 3.8) is 0 Å². The molecule has 0 aromatic carbocycles. The van der Waals surface area contributed by atoms with Crippen molar-refractivity contribution in [1.82, 2.24) is 9.97 Å². The molecule has 2 nitrogen and oxygen atoms in total. The normalized spacial score (nSPS) is 19.2. The van der Waals surface area contributed by atoms with Crippen LogP contribution in [0, 0.1) is 5.92 Å². The summed E-state index contributed by atoms with van der Waals surface area (Å²) in [6, 6.07) is 2.10. The number of hydrogen-bond acceptors (Lipinski definition) is 1. The maximum Gasteiger partial charge on any atom is 0.137 e. The Morgan fingerprint density at radius 1 is 1.33 bits per heavy atom. The highest BCUT2D eigenvalue weighted by Gasteiger charge is 2.24. The van der Waals surface area contributed by atoms with Gasteiger partial charge in [0.05, 0.1) is 5.02 Å². The van der Waals surface area contributed by atoms with Gasteiger partial charge in [-0.3, -0.25) is 0 Å². The van der Waals surface area contributed by atoms with E-state index in [2.05, 4.69) is 23.0 Å². The molecule has 0 saturated heterocycles. The topological polar surface area (TPSA) is 28.7 Å². The summed E-state index contributed by atoms with van der Waals surface area (Å²) in [6.45, 7) is 2.32. The molecule has 2 aromatic heterocycles. The first-order chi connectivity index (χ1) is 8.77. The van der Waals surface area contributed by atoms with E-state index in [0.29, 0.717) is 5.92 Å². The number of nitrogens with zero attached hydrogens (tertiary/aromatic N) is 1. The fourth-order valence-corrected chi connectivity index (χ4v) is 3.66. The average molecular weight is 263 g/mol. The molecule has 1 unspecified atom stereocenters. The van der Waals surface area contributed by atoms with Crippen LogP contribution < -0.4 is 0 Å². The van der Waals surface area contributed by atoms with Crippen molar-refractivity contribution in [2.24, 2.45) is 5.92 Å². The molecule has 3 rings (SSSR count). The van der Waals surface area contributed by atoms with E-state index in [0.717, 1.165) is 16.6 Å². The number of aromatic amines is 1. The van der Waals surface area contributed by atoms with Gasteiger partial charge in [0.25, 0.3) is 0 Å². The fraction of sp³-hybridized carbons (Fsp3) is 0.533. The van der Waals surface area contributed by atoms with Crippen molar-refractivity contribution in [3.05, 3.63) is 29.0 Å². The Balaban J connectivity index is 2.01.